The molecule has 7 amide bonds. The average Bonchev–Trinajstić information content (AvgIpc) is 1.61. The van der Waals surface area contributed by atoms with Gasteiger partial charge in [0.25, 0.3) is 16.0 Å². The molecule has 27 heteroatoms. The second-order valence-corrected chi connectivity index (χ2v) is 30.6. The Hall–Kier alpha value is -7.16. The lowest BCUT2D eigenvalue weighted by atomic mass is 9.78. The fourth-order valence-corrected chi connectivity index (χ4v) is 15.1. The third kappa shape index (κ3) is 21.7. The van der Waals surface area contributed by atoms with Crippen LogP contribution >= 0.6 is 34.8 Å². The minimum absolute atomic E-state index is 0.00327. The van der Waals surface area contributed by atoms with Crippen molar-refractivity contribution in [2.75, 3.05) is 118 Å². The molecule has 0 aliphatic carbocycles. The third-order valence-electron chi connectivity index (χ3n) is 19.7. The lowest BCUT2D eigenvalue weighted by Gasteiger charge is -2.35. The zero-order valence-corrected chi connectivity index (χ0v) is 63.7. The Morgan fingerprint density at radius 3 is 1.89 bits per heavy atom. The first-order valence-corrected chi connectivity index (χ1v) is 38.1. The highest BCUT2D eigenvalue weighted by Crippen LogP contribution is 2.48. The van der Waals surface area contributed by atoms with Gasteiger partial charge in [0.1, 0.15) is 7.05 Å². The molecule has 8 rings (SSSR count). The second-order valence-electron chi connectivity index (χ2n) is 27.9. The quantitative estimate of drug-likeness (QED) is 0.0140. The number of carbonyl (C=O) groups is 6. The van der Waals surface area contributed by atoms with Crippen molar-refractivity contribution in [2.24, 2.45) is 0 Å². The van der Waals surface area contributed by atoms with Crippen molar-refractivity contribution < 1.29 is 60.5 Å². The molecular weight excluding hydrogens is 1390 g/mol. The third-order valence-corrected chi connectivity index (χ3v) is 21.4. The van der Waals surface area contributed by atoms with Gasteiger partial charge in [0, 0.05) is 142 Å². The number of fused-ring (bicyclic) bond motifs is 2. The number of benzene rings is 4. The fourth-order valence-electron chi connectivity index (χ4n) is 14.0. The maximum absolute atomic E-state index is 14.0. The van der Waals surface area contributed by atoms with Crippen LogP contribution in [0.15, 0.2) is 83.8 Å². The minimum Gasteiger partial charge on any atom is -0.379 e. The predicted octanol–water partition coefficient (Wildman–Crippen LogP) is 11.0. The summed E-state index contributed by atoms with van der Waals surface area (Å²) >= 11 is 19.0. The van der Waals surface area contributed by atoms with Crippen LogP contribution in [0.5, 0.6) is 0 Å². The van der Waals surface area contributed by atoms with Crippen LogP contribution in [0.1, 0.15) is 150 Å². The van der Waals surface area contributed by atoms with Crippen LogP contribution in [-0.2, 0) is 54.3 Å². The van der Waals surface area contributed by atoms with Gasteiger partial charge in [-0.15, -0.1) is 0 Å². The van der Waals surface area contributed by atoms with Crippen LogP contribution in [0.25, 0.3) is 16.9 Å². The summed E-state index contributed by atoms with van der Waals surface area (Å²) in [6.07, 6.45) is 9.86. The van der Waals surface area contributed by atoms with Gasteiger partial charge in [0.2, 0.25) is 29.3 Å². The van der Waals surface area contributed by atoms with Gasteiger partial charge in [-0.1, -0.05) is 91.7 Å². The molecule has 1 unspecified atom stereocenters. The molecule has 5 aromatic rings. The van der Waals surface area contributed by atoms with Gasteiger partial charge in [-0.3, -0.25) is 28.5 Å². The summed E-state index contributed by atoms with van der Waals surface area (Å²) in [4.78, 5) is 84.7. The molecule has 0 spiro atoms. The molecule has 1 aromatic heterocycles. The van der Waals surface area contributed by atoms with Gasteiger partial charge in [0.05, 0.1) is 66.2 Å². The van der Waals surface area contributed by atoms with Crippen LogP contribution in [0, 0.1) is 13.8 Å². The Kier molecular flexibility index (Phi) is 29.6. The highest BCUT2D eigenvalue weighted by Gasteiger charge is 2.46. The van der Waals surface area contributed by atoms with Crippen molar-refractivity contribution >= 4 is 97.6 Å². The predicted molar refractivity (Wildman–Crippen MR) is 399 cm³/mol. The van der Waals surface area contributed by atoms with E-state index in [9.17, 15) is 41.7 Å². The highest BCUT2D eigenvalue weighted by atomic mass is 35.5. The number of likely N-dealkylation sites (N-methyl/N-ethyl adjacent to an activating group) is 2. The van der Waals surface area contributed by atoms with Gasteiger partial charge < -0.3 is 55.1 Å². The van der Waals surface area contributed by atoms with E-state index in [1.165, 1.54) is 45.4 Å². The number of hydrogen-bond donors (Lipinski definition) is 5. The Balaban J connectivity index is 0.601. The monoisotopic (exact) mass is 1490 g/mol. The number of aromatic nitrogens is 2. The molecule has 5 N–H and O–H groups in total. The van der Waals surface area contributed by atoms with E-state index in [0.717, 1.165) is 68.3 Å². The summed E-state index contributed by atoms with van der Waals surface area (Å²) in [6.45, 7) is 17.4. The van der Waals surface area contributed by atoms with E-state index in [2.05, 4.69) is 90.6 Å². The lowest BCUT2D eigenvalue weighted by molar-refractivity contribution is -0.404. The molecule has 0 saturated carbocycles. The summed E-state index contributed by atoms with van der Waals surface area (Å²) in [5.74, 6) is -1.22. The molecule has 0 bridgehead atoms. The number of likely N-dealkylation sites (tertiary alicyclic amines) is 1. The number of ether oxygens (including phenoxy) is 3. The normalized spacial score (nSPS) is 15.5. The first-order valence-electron chi connectivity index (χ1n) is 35.6. The number of nitrogens with one attached hydrogen (secondary N) is 4. The van der Waals surface area contributed by atoms with E-state index >= 15 is 0 Å². The topological polar surface area (TPSA) is 266 Å². The number of aryl methyl sites for hydroxylation is 1. The smallest absolute Gasteiger partial charge is 0.315 e. The molecule has 3 aliphatic heterocycles. The molecule has 1 fully saturated rings. The molecule has 4 aromatic carbocycles. The SMILES string of the molecule is Cc1ccc2c(c1)C(C)(C)C(CCCCCC1N(CCCCCC(=O)N(C)CC(=O)NCCCOCCOCCOCCCNC(=O)CN(C)C(=O)CCNC(=O)NC3CCN(C(=O)c4nn(-c5ccc(Cl)cc5Cl)c(-c5ccc(Cl)cc5)c4C)CC3)c3ccc(S(=O)(=O)O)cc3C1(C)C)=[N+]2C. The summed E-state index contributed by atoms with van der Waals surface area (Å²) in [5.41, 5.74) is 9.86. The minimum atomic E-state index is -4.38. The number of nitrogens with zero attached hydrogens (tertiary/aromatic N) is 7. The first kappa shape index (κ1) is 80.5. The molecule has 4 heterocycles. The van der Waals surface area contributed by atoms with Crippen molar-refractivity contribution in [1.29, 1.82) is 0 Å². The fraction of sp³-hybridized carbons (Fsp3) is 0.547. The second kappa shape index (κ2) is 37.5. The van der Waals surface area contributed by atoms with Crippen LogP contribution in [-0.4, -0.2) is 209 Å². The first-order chi connectivity index (χ1) is 48.6. The van der Waals surface area contributed by atoms with E-state index in [1.54, 1.807) is 53.0 Å². The molecular formula is C75H103Cl3N11O12S+. The Labute approximate surface area is 616 Å². The van der Waals surface area contributed by atoms with Crippen molar-refractivity contribution in [2.45, 2.75) is 159 Å². The maximum Gasteiger partial charge on any atom is 0.315 e. The van der Waals surface area contributed by atoms with Gasteiger partial charge >= 0.3 is 6.03 Å². The molecule has 3 aliphatic rings. The summed E-state index contributed by atoms with van der Waals surface area (Å²) < 4.78 is 55.3. The molecule has 23 nitrogen and oxygen atoms in total. The van der Waals surface area contributed by atoms with E-state index in [-0.39, 0.29) is 89.1 Å². The molecule has 1 atom stereocenters. The van der Waals surface area contributed by atoms with Crippen molar-refractivity contribution in [3.05, 3.63) is 122 Å². The van der Waals surface area contributed by atoms with Crippen LogP contribution < -0.4 is 26.2 Å². The Morgan fingerprint density at radius 2 is 1.26 bits per heavy atom. The number of unbranched alkanes of at least 4 members (excludes halogenated alkanes) is 4. The number of hydrogen-bond acceptors (Lipinski definition) is 13. The number of anilines is 1. The molecule has 0 radical (unpaired) electrons. The maximum atomic E-state index is 14.0. The number of carbonyl (C=O) groups excluding carboxylic acids is 6. The Morgan fingerprint density at radius 1 is 0.667 bits per heavy atom. The highest BCUT2D eigenvalue weighted by molar-refractivity contribution is 7.85. The van der Waals surface area contributed by atoms with Gasteiger partial charge in [-0.25, -0.2) is 14.1 Å². The summed E-state index contributed by atoms with van der Waals surface area (Å²) in [6, 6.07) is 23.5. The molecule has 102 heavy (non-hydrogen) atoms. The van der Waals surface area contributed by atoms with Crippen molar-refractivity contribution in [3.8, 4) is 16.9 Å². The molecule has 556 valence electrons. The number of piperidine rings is 1. The van der Waals surface area contributed by atoms with Crippen LogP contribution in [0.3, 0.4) is 0 Å². The van der Waals surface area contributed by atoms with E-state index < -0.39 is 16.1 Å². The van der Waals surface area contributed by atoms with Crippen molar-refractivity contribution in [1.82, 2.24) is 45.7 Å². The number of halogens is 3. The van der Waals surface area contributed by atoms with E-state index in [1.807, 2.05) is 25.1 Å². The summed E-state index contributed by atoms with van der Waals surface area (Å²) in [5, 5.41) is 17.5. The van der Waals surface area contributed by atoms with Gasteiger partial charge in [0.15, 0.2) is 11.4 Å². The zero-order valence-electron chi connectivity index (χ0n) is 60.6. The van der Waals surface area contributed by atoms with Crippen LogP contribution in [0.4, 0.5) is 16.2 Å². The van der Waals surface area contributed by atoms with Crippen molar-refractivity contribution in [3.63, 3.8) is 0 Å². The Bertz CT molecular complexity index is 3900. The van der Waals surface area contributed by atoms with Gasteiger partial charge in [-0.05, 0) is 139 Å². The summed E-state index contributed by atoms with van der Waals surface area (Å²) in [7, 11) is 0.968. The zero-order chi connectivity index (χ0) is 73.9. The number of rotatable bonds is 38. The molecule has 1 saturated heterocycles. The van der Waals surface area contributed by atoms with Gasteiger partial charge in [-0.2, -0.15) is 13.5 Å². The largest absolute Gasteiger partial charge is 0.379 e. The number of amides is 7. The number of urea groups is 1. The van der Waals surface area contributed by atoms with Crippen LogP contribution in [0.2, 0.25) is 15.1 Å². The standard InChI is InChI=1S/C75H102Cl3N11O12S/c1-51-21-28-61-58(46-51)74(3,4)64(86(61)9)18-12-10-13-19-65-75(5,6)59-48-57(102(96,97)98)27-30-62(59)88(65)37-15-11-14-20-68(92)84(7)49-66(90)79-34-16-40-99-42-44-101-45-43-100-41-17-35-80-67(91)50-85(8)69(93)31-36-81-73(95)82-56-32-38-87(39-33-56)72(94)70-52(2)71(53-22-24-54(76)25-23-53)89(83-70)63-29-26-55(77)47-60(63)78/h21-30,46-48,56,65H,10-20,31-45,49-50H2,1-9H3,(H4-,79,80,81,82,90,91,95,96,97,98)/p+1. The van der Waals surface area contributed by atoms with E-state index in [4.69, 9.17) is 54.1 Å². The lowest BCUT2D eigenvalue weighted by Crippen LogP contribution is -2.49. The van der Waals surface area contributed by atoms with E-state index in [0.29, 0.717) is 136 Å². The average molecular weight is 1490 g/mol.